The molecule has 7 aromatic rings. The standard InChI is InChI=1S/C41H24S/c1-4-18-34-28(12-1)29-13-2-5-19-35(29)41(34)36-20-6-3-14-30(36)31-23-22-26(24-37(31)41)27-15-9-17-33-32-16-7-10-25-11-8-21-38(39(25)32)42-40(27)33/h1-24H. The Morgan fingerprint density at radius 3 is 1.60 bits per heavy atom. The maximum Gasteiger partial charge on any atom is 0.0725 e. The summed E-state index contributed by atoms with van der Waals surface area (Å²) in [4.78, 5) is 2.69. The molecule has 0 bridgehead atoms. The first-order valence-electron chi connectivity index (χ1n) is 14.6. The molecule has 0 saturated carbocycles. The van der Waals surface area contributed by atoms with Crippen LogP contribution in [0.2, 0.25) is 0 Å². The summed E-state index contributed by atoms with van der Waals surface area (Å²) in [5.41, 5.74) is 15.9. The summed E-state index contributed by atoms with van der Waals surface area (Å²) in [5, 5.41) is 2.68. The molecule has 0 saturated heterocycles. The number of hydrogen-bond donors (Lipinski definition) is 0. The quantitative estimate of drug-likeness (QED) is 0.197. The van der Waals surface area contributed by atoms with E-state index in [2.05, 4.69) is 146 Å². The SMILES string of the molecule is c1ccc2c(c1)-c1ccccc1C21c2ccccc2-c2ccc(-c3cccc4c3Sc3cccc5cccc-4c35)cc21. The van der Waals surface area contributed by atoms with Gasteiger partial charge in [-0.05, 0) is 84.3 Å². The van der Waals surface area contributed by atoms with E-state index in [0.29, 0.717) is 0 Å². The molecule has 0 aromatic heterocycles. The van der Waals surface area contributed by atoms with Crippen molar-refractivity contribution in [2.24, 2.45) is 0 Å². The van der Waals surface area contributed by atoms with Crippen LogP contribution < -0.4 is 0 Å². The van der Waals surface area contributed by atoms with Gasteiger partial charge in [0.2, 0.25) is 0 Å². The van der Waals surface area contributed by atoms with Crippen LogP contribution in [0.15, 0.2) is 155 Å². The van der Waals surface area contributed by atoms with E-state index in [-0.39, 0.29) is 5.41 Å². The molecule has 1 heteroatoms. The summed E-state index contributed by atoms with van der Waals surface area (Å²) in [5.74, 6) is 0. The second kappa shape index (κ2) is 8.12. The van der Waals surface area contributed by atoms with Gasteiger partial charge in [0.1, 0.15) is 0 Å². The zero-order chi connectivity index (χ0) is 27.4. The van der Waals surface area contributed by atoms with Crippen LogP contribution in [-0.4, -0.2) is 0 Å². The highest BCUT2D eigenvalue weighted by atomic mass is 32.2. The first kappa shape index (κ1) is 22.8. The lowest BCUT2D eigenvalue weighted by Gasteiger charge is -2.31. The fourth-order valence-electron chi connectivity index (χ4n) is 8.07. The molecule has 2 aliphatic carbocycles. The molecule has 0 nitrogen and oxygen atoms in total. The zero-order valence-electron chi connectivity index (χ0n) is 22.8. The molecule has 3 aliphatic rings. The molecule has 1 spiro atoms. The summed E-state index contributed by atoms with van der Waals surface area (Å²) < 4.78 is 0. The normalized spacial score (nSPS) is 14.3. The minimum absolute atomic E-state index is 0.324. The van der Waals surface area contributed by atoms with E-state index in [1.807, 2.05) is 11.8 Å². The van der Waals surface area contributed by atoms with Gasteiger partial charge in [-0.1, -0.05) is 145 Å². The number of rotatable bonds is 1. The lowest BCUT2D eigenvalue weighted by atomic mass is 9.70. The van der Waals surface area contributed by atoms with E-state index in [1.165, 1.54) is 87.3 Å². The van der Waals surface area contributed by atoms with Gasteiger partial charge in [0.25, 0.3) is 0 Å². The molecule has 0 N–H and O–H groups in total. The smallest absolute Gasteiger partial charge is 0.0725 e. The van der Waals surface area contributed by atoms with Gasteiger partial charge in [-0.25, -0.2) is 0 Å². The van der Waals surface area contributed by atoms with Crippen LogP contribution in [0.4, 0.5) is 0 Å². The Balaban J connectivity index is 1.26. The molecule has 0 atom stereocenters. The molecule has 1 heterocycles. The predicted octanol–water partition coefficient (Wildman–Crippen LogP) is 11.0. The Hall–Kier alpha value is -4.85. The third kappa shape index (κ3) is 2.70. The fourth-order valence-corrected chi connectivity index (χ4v) is 9.35. The van der Waals surface area contributed by atoms with E-state index < -0.39 is 0 Å². The van der Waals surface area contributed by atoms with E-state index in [9.17, 15) is 0 Å². The largest absolute Gasteiger partial charge is 0.0881 e. The van der Waals surface area contributed by atoms with Crippen molar-refractivity contribution >= 4 is 22.5 Å². The highest BCUT2D eigenvalue weighted by Crippen LogP contribution is 2.63. The zero-order valence-corrected chi connectivity index (χ0v) is 23.6. The second-order valence-corrected chi connectivity index (χ2v) is 12.6. The summed E-state index contributed by atoms with van der Waals surface area (Å²) in [6.45, 7) is 0. The third-order valence-electron chi connectivity index (χ3n) is 9.69. The lowest BCUT2D eigenvalue weighted by molar-refractivity contribution is 0.794. The van der Waals surface area contributed by atoms with Crippen LogP contribution in [-0.2, 0) is 5.41 Å². The molecular weight excluding hydrogens is 525 g/mol. The first-order valence-corrected chi connectivity index (χ1v) is 15.4. The molecular formula is C41H24S. The highest BCUT2D eigenvalue weighted by Gasteiger charge is 2.51. The fraction of sp³-hybridized carbons (Fsp3) is 0.0244. The molecule has 0 amide bonds. The summed E-state index contributed by atoms with van der Waals surface area (Å²) in [6, 6.07) is 54.6. The van der Waals surface area contributed by atoms with Crippen molar-refractivity contribution in [3.8, 4) is 44.5 Å². The number of hydrogen-bond acceptors (Lipinski definition) is 1. The van der Waals surface area contributed by atoms with E-state index in [4.69, 9.17) is 0 Å². The minimum atomic E-state index is -0.324. The van der Waals surface area contributed by atoms with Crippen molar-refractivity contribution in [3.63, 3.8) is 0 Å². The van der Waals surface area contributed by atoms with Crippen LogP contribution in [0.3, 0.4) is 0 Å². The van der Waals surface area contributed by atoms with E-state index in [1.54, 1.807) is 0 Å². The average Bonchev–Trinajstić information content (AvgIpc) is 3.52. The van der Waals surface area contributed by atoms with Crippen molar-refractivity contribution < 1.29 is 0 Å². The predicted molar refractivity (Wildman–Crippen MR) is 175 cm³/mol. The van der Waals surface area contributed by atoms with Gasteiger partial charge >= 0.3 is 0 Å². The molecule has 0 radical (unpaired) electrons. The Bertz CT molecular complexity index is 2220. The highest BCUT2D eigenvalue weighted by molar-refractivity contribution is 8.00. The molecule has 0 unspecified atom stereocenters. The molecule has 10 rings (SSSR count). The van der Waals surface area contributed by atoms with Crippen molar-refractivity contribution in [3.05, 3.63) is 168 Å². The number of benzene rings is 7. The van der Waals surface area contributed by atoms with E-state index >= 15 is 0 Å². The van der Waals surface area contributed by atoms with Crippen molar-refractivity contribution in [2.45, 2.75) is 15.2 Å². The van der Waals surface area contributed by atoms with Gasteiger partial charge in [0, 0.05) is 15.2 Å². The first-order chi connectivity index (χ1) is 20.8. The topological polar surface area (TPSA) is 0 Å². The molecule has 7 aromatic carbocycles. The summed E-state index contributed by atoms with van der Waals surface area (Å²) in [7, 11) is 0. The summed E-state index contributed by atoms with van der Waals surface area (Å²) >= 11 is 1.92. The molecule has 1 aliphatic heterocycles. The maximum absolute atomic E-state index is 2.51. The van der Waals surface area contributed by atoms with E-state index in [0.717, 1.165) is 0 Å². The Labute approximate surface area is 249 Å². The van der Waals surface area contributed by atoms with Gasteiger partial charge in [-0.3, -0.25) is 0 Å². The van der Waals surface area contributed by atoms with Crippen LogP contribution in [0, 0.1) is 0 Å². The Morgan fingerprint density at radius 2 is 0.905 bits per heavy atom. The van der Waals surface area contributed by atoms with Crippen LogP contribution in [0.1, 0.15) is 22.3 Å². The van der Waals surface area contributed by atoms with Gasteiger partial charge < -0.3 is 0 Å². The maximum atomic E-state index is 2.51. The Morgan fingerprint density at radius 1 is 0.381 bits per heavy atom. The van der Waals surface area contributed by atoms with Gasteiger partial charge in [0.05, 0.1) is 5.41 Å². The third-order valence-corrected chi connectivity index (χ3v) is 10.9. The van der Waals surface area contributed by atoms with Crippen molar-refractivity contribution in [2.75, 3.05) is 0 Å². The van der Waals surface area contributed by atoms with Gasteiger partial charge in [-0.2, -0.15) is 0 Å². The van der Waals surface area contributed by atoms with Gasteiger partial charge in [0.15, 0.2) is 0 Å². The van der Waals surface area contributed by atoms with Crippen LogP contribution in [0.5, 0.6) is 0 Å². The van der Waals surface area contributed by atoms with Crippen molar-refractivity contribution in [1.82, 2.24) is 0 Å². The molecule has 42 heavy (non-hydrogen) atoms. The van der Waals surface area contributed by atoms with Crippen LogP contribution in [0.25, 0.3) is 55.3 Å². The monoisotopic (exact) mass is 548 g/mol. The summed E-state index contributed by atoms with van der Waals surface area (Å²) in [6.07, 6.45) is 0. The Kier molecular flexibility index (Phi) is 4.41. The van der Waals surface area contributed by atoms with Crippen molar-refractivity contribution in [1.29, 1.82) is 0 Å². The minimum Gasteiger partial charge on any atom is -0.0881 e. The molecule has 0 fully saturated rings. The van der Waals surface area contributed by atoms with Gasteiger partial charge in [-0.15, -0.1) is 0 Å². The average molecular weight is 549 g/mol. The second-order valence-electron chi connectivity index (χ2n) is 11.6. The number of fused-ring (bicyclic) bond motifs is 12. The molecule has 194 valence electrons. The lowest BCUT2D eigenvalue weighted by Crippen LogP contribution is -2.25. The van der Waals surface area contributed by atoms with Crippen LogP contribution >= 0.6 is 11.8 Å².